The molecule has 2 fully saturated rings. The lowest BCUT2D eigenvalue weighted by Gasteiger charge is -2.34. The molecule has 2 heteroatoms. The first-order valence-corrected chi connectivity index (χ1v) is 8.70. The van der Waals surface area contributed by atoms with Gasteiger partial charge in [0.25, 0.3) is 0 Å². The van der Waals surface area contributed by atoms with E-state index in [9.17, 15) is 0 Å². The van der Waals surface area contributed by atoms with Gasteiger partial charge >= 0.3 is 0 Å². The third-order valence-electron chi connectivity index (χ3n) is 5.39. The van der Waals surface area contributed by atoms with Crippen LogP contribution in [0.4, 0.5) is 0 Å². The molecule has 0 amide bonds. The van der Waals surface area contributed by atoms with E-state index in [1.54, 1.807) is 0 Å². The van der Waals surface area contributed by atoms with Crippen molar-refractivity contribution >= 4 is 0 Å². The van der Waals surface area contributed by atoms with E-state index in [2.05, 4.69) is 31.4 Å². The highest BCUT2D eigenvalue weighted by atomic mass is 15.0. The summed E-state index contributed by atoms with van der Waals surface area (Å²) in [4.78, 5) is 0. The largest absolute Gasteiger partial charge is 0.314 e. The summed E-state index contributed by atoms with van der Waals surface area (Å²) in [5.74, 6) is 1.75. The Balaban J connectivity index is 1.80. The first-order chi connectivity index (χ1) is 9.20. The van der Waals surface area contributed by atoms with Gasteiger partial charge in [0.05, 0.1) is 0 Å². The molecule has 1 aliphatic carbocycles. The zero-order chi connectivity index (χ0) is 13.7. The van der Waals surface area contributed by atoms with Crippen molar-refractivity contribution in [3.63, 3.8) is 0 Å². The maximum Gasteiger partial charge on any atom is 0.0113 e. The number of rotatable bonds is 6. The lowest BCUT2D eigenvalue weighted by molar-refractivity contribution is 0.241. The molecule has 0 radical (unpaired) electrons. The van der Waals surface area contributed by atoms with Crippen LogP contribution >= 0.6 is 0 Å². The molecule has 5 atom stereocenters. The van der Waals surface area contributed by atoms with Gasteiger partial charge in [-0.25, -0.2) is 0 Å². The summed E-state index contributed by atoms with van der Waals surface area (Å²) >= 11 is 0. The molecule has 0 bridgehead atoms. The Hall–Kier alpha value is -0.0800. The van der Waals surface area contributed by atoms with Crippen LogP contribution in [0.1, 0.15) is 72.1 Å². The van der Waals surface area contributed by atoms with Crippen LogP contribution < -0.4 is 10.6 Å². The van der Waals surface area contributed by atoms with Crippen LogP contribution in [0.25, 0.3) is 0 Å². The van der Waals surface area contributed by atoms with Crippen molar-refractivity contribution in [3.05, 3.63) is 0 Å². The highest BCUT2D eigenvalue weighted by Crippen LogP contribution is 2.32. The molecule has 2 aliphatic rings. The number of nitrogens with one attached hydrogen (secondary N) is 2. The molecule has 5 unspecified atom stereocenters. The summed E-state index contributed by atoms with van der Waals surface area (Å²) in [5, 5.41) is 7.73. The van der Waals surface area contributed by atoms with Crippen LogP contribution in [0, 0.1) is 11.8 Å². The van der Waals surface area contributed by atoms with Crippen LogP contribution in [0.2, 0.25) is 0 Å². The van der Waals surface area contributed by atoms with Gasteiger partial charge in [-0.05, 0) is 57.4 Å². The second-order valence-corrected chi connectivity index (χ2v) is 7.07. The molecule has 19 heavy (non-hydrogen) atoms. The lowest BCUT2D eigenvalue weighted by Crippen LogP contribution is -2.49. The Kier molecular flexibility index (Phi) is 6.15. The summed E-state index contributed by atoms with van der Waals surface area (Å²) in [6.07, 6.45) is 11.1. The van der Waals surface area contributed by atoms with Gasteiger partial charge in [0, 0.05) is 18.1 Å². The maximum absolute atomic E-state index is 3.95. The van der Waals surface area contributed by atoms with Gasteiger partial charge in [-0.1, -0.05) is 33.1 Å². The third-order valence-corrected chi connectivity index (χ3v) is 5.39. The van der Waals surface area contributed by atoms with Crippen molar-refractivity contribution in [2.45, 2.75) is 90.3 Å². The van der Waals surface area contributed by atoms with Gasteiger partial charge in [-0.15, -0.1) is 0 Å². The molecule has 0 aromatic rings. The highest BCUT2D eigenvalue weighted by Gasteiger charge is 2.34. The van der Waals surface area contributed by atoms with E-state index in [0.717, 1.165) is 23.9 Å². The average Bonchev–Trinajstić information content (AvgIpc) is 2.87. The Morgan fingerprint density at radius 1 is 1.11 bits per heavy atom. The molecule has 2 rings (SSSR count). The topological polar surface area (TPSA) is 24.1 Å². The Morgan fingerprint density at radius 2 is 1.95 bits per heavy atom. The smallest absolute Gasteiger partial charge is 0.0113 e. The van der Waals surface area contributed by atoms with Gasteiger partial charge in [0.2, 0.25) is 0 Å². The van der Waals surface area contributed by atoms with Crippen LogP contribution in [0.15, 0.2) is 0 Å². The SMILES string of the molecule is CCC(C)CC(C)NC1CCCC1C1CCCCN1. The third kappa shape index (κ3) is 4.46. The standard InChI is InChI=1S/C17H34N2/c1-4-13(2)12-14(3)19-17-10-7-8-15(17)16-9-5-6-11-18-16/h13-19H,4-12H2,1-3H3. The van der Waals surface area contributed by atoms with Gasteiger partial charge < -0.3 is 10.6 Å². The maximum atomic E-state index is 3.95. The minimum atomic E-state index is 0.684. The van der Waals surface area contributed by atoms with Crippen molar-refractivity contribution in [2.24, 2.45) is 11.8 Å². The first-order valence-electron chi connectivity index (χ1n) is 8.70. The molecule has 1 saturated heterocycles. The summed E-state index contributed by atoms with van der Waals surface area (Å²) in [7, 11) is 0. The first kappa shape index (κ1) is 15.3. The summed E-state index contributed by atoms with van der Waals surface area (Å²) in [6.45, 7) is 8.32. The monoisotopic (exact) mass is 266 g/mol. The van der Waals surface area contributed by atoms with E-state index in [4.69, 9.17) is 0 Å². The van der Waals surface area contributed by atoms with Crippen molar-refractivity contribution in [1.82, 2.24) is 10.6 Å². The molecule has 1 aliphatic heterocycles. The molecule has 2 N–H and O–H groups in total. The van der Waals surface area contributed by atoms with Crippen LogP contribution in [0.5, 0.6) is 0 Å². The Labute approximate surface area is 120 Å². The molecule has 112 valence electrons. The van der Waals surface area contributed by atoms with Crippen molar-refractivity contribution in [2.75, 3.05) is 6.54 Å². The molecule has 1 heterocycles. The van der Waals surface area contributed by atoms with E-state index < -0.39 is 0 Å². The molecule has 1 saturated carbocycles. The molecule has 2 nitrogen and oxygen atoms in total. The predicted octanol–water partition coefficient (Wildman–Crippen LogP) is 3.71. The van der Waals surface area contributed by atoms with E-state index in [0.29, 0.717) is 6.04 Å². The summed E-state index contributed by atoms with van der Waals surface area (Å²) in [5.41, 5.74) is 0. The fourth-order valence-corrected chi connectivity index (χ4v) is 4.13. The van der Waals surface area contributed by atoms with Gasteiger partial charge in [0.15, 0.2) is 0 Å². The van der Waals surface area contributed by atoms with Crippen molar-refractivity contribution in [1.29, 1.82) is 0 Å². The molecule has 0 aromatic carbocycles. The lowest BCUT2D eigenvalue weighted by atomic mass is 9.87. The van der Waals surface area contributed by atoms with E-state index >= 15 is 0 Å². The highest BCUT2D eigenvalue weighted by molar-refractivity contribution is 4.93. The van der Waals surface area contributed by atoms with Crippen LogP contribution in [0.3, 0.4) is 0 Å². The molecule has 0 aromatic heterocycles. The minimum Gasteiger partial charge on any atom is -0.314 e. The number of hydrogen-bond donors (Lipinski definition) is 2. The fourth-order valence-electron chi connectivity index (χ4n) is 4.13. The predicted molar refractivity (Wildman–Crippen MR) is 83.4 cm³/mol. The Bertz CT molecular complexity index is 248. The zero-order valence-corrected chi connectivity index (χ0v) is 13.3. The molecule has 0 spiro atoms. The summed E-state index contributed by atoms with van der Waals surface area (Å²) in [6, 6.07) is 2.25. The van der Waals surface area contributed by atoms with E-state index in [-0.39, 0.29) is 0 Å². The van der Waals surface area contributed by atoms with Crippen LogP contribution in [-0.2, 0) is 0 Å². The second kappa shape index (κ2) is 7.64. The van der Waals surface area contributed by atoms with E-state index in [1.807, 2.05) is 0 Å². The normalized spacial score (nSPS) is 35.2. The molecular formula is C17H34N2. The average molecular weight is 266 g/mol. The van der Waals surface area contributed by atoms with Gasteiger partial charge in [-0.3, -0.25) is 0 Å². The Morgan fingerprint density at radius 3 is 2.63 bits per heavy atom. The second-order valence-electron chi connectivity index (χ2n) is 7.07. The van der Waals surface area contributed by atoms with Crippen molar-refractivity contribution < 1.29 is 0 Å². The van der Waals surface area contributed by atoms with Crippen molar-refractivity contribution in [3.8, 4) is 0 Å². The number of hydrogen-bond acceptors (Lipinski definition) is 2. The molecular weight excluding hydrogens is 232 g/mol. The minimum absolute atomic E-state index is 0.684. The quantitative estimate of drug-likeness (QED) is 0.766. The van der Waals surface area contributed by atoms with Crippen LogP contribution in [-0.4, -0.2) is 24.7 Å². The summed E-state index contributed by atoms with van der Waals surface area (Å²) < 4.78 is 0. The zero-order valence-electron chi connectivity index (χ0n) is 13.3. The number of piperidine rings is 1. The fraction of sp³-hybridized carbons (Fsp3) is 1.00. The van der Waals surface area contributed by atoms with Gasteiger partial charge in [0.1, 0.15) is 0 Å². The van der Waals surface area contributed by atoms with E-state index in [1.165, 1.54) is 57.9 Å². The van der Waals surface area contributed by atoms with Gasteiger partial charge in [-0.2, -0.15) is 0 Å².